The second kappa shape index (κ2) is 11.8. The Hall–Kier alpha value is -3.42. The van der Waals surface area contributed by atoms with Crippen LogP contribution in [0, 0.1) is 6.92 Å². The Morgan fingerprint density at radius 1 is 0.838 bits per heavy atom. The monoisotopic (exact) mass is 511 g/mol. The summed E-state index contributed by atoms with van der Waals surface area (Å²) in [7, 11) is 0. The zero-order valence-electron chi connectivity index (χ0n) is 21.5. The van der Waals surface area contributed by atoms with E-state index in [1.807, 2.05) is 23.1 Å². The standard InChI is InChI=1S/C30H33N5OS/c1-3-33-17-19-34(20-18-33)29(36)27-15-11-25(12-16-27)22-37-30-32-31-28(26-13-9-23(2)10-14-26)35(30)21-24-7-5-4-6-8-24/h4-16H,3,17-22H2,1-2H3. The first-order valence-electron chi connectivity index (χ1n) is 12.9. The second-order valence-corrected chi connectivity index (χ2v) is 10.4. The highest BCUT2D eigenvalue weighted by molar-refractivity contribution is 7.98. The first kappa shape index (κ1) is 25.2. The number of hydrogen-bond donors (Lipinski definition) is 0. The van der Waals surface area contributed by atoms with Gasteiger partial charge in [-0.05, 0) is 36.7 Å². The van der Waals surface area contributed by atoms with Crippen molar-refractivity contribution in [3.05, 3.63) is 101 Å². The summed E-state index contributed by atoms with van der Waals surface area (Å²) in [5.41, 5.74) is 5.40. The van der Waals surface area contributed by atoms with E-state index in [4.69, 9.17) is 0 Å². The van der Waals surface area contributed by atoms with Crippen LogP contribution in [0.15, 0.2) is 84.0 Å². The number of likely N-dealkylation sites (N-methyl/N-ethyl adjacent to an activating group) is 1. The molecule has 7 heteroatoms. The average Bonchev–Trinajstić information content (AvgIpc) is 3.35. The van der Waals surface area contributed by atoms with Crippen LogP contribution in [0.3, 0.4) is 0 Å². The fourth-order valence-corrected chi connectivity index (χ4v) is 5.46. The molecule has 1 aliphatic rings. The zero-order valence-corrected chi connectivity index (χ0v) is 22.3. The van der Waals surface area contributed by atoms with Crippen LogP contribution in [-0.2, 0) is 12.3 Å². The Morgan fingerprint density at radius 2 is 1.54 bits per heavy atom. The molecule has 4 aromatic rings. The molecule has 1 amide bonds. The lowest BCUT2D eigenvalue weighted by Crippen LogP contribution is -2.48. The lowest BCUT2D eigenvalue weighted by molar-refractivity contribution is 0.0643. The van der Waals surface area contributed by atoms with Gasteiger partial charge in [0.25, 0.3) is 5.91 Å². The summed E-state index contributed by atoms with van der Waals surface area (Å²) in [6, 6.07) is 26.9. The molecule has 2 heterocycles. The Labute approximate surface area is 223 Å². The number of benzene rings is 3. The summed E-state index contributed by atoms with van der Waals surface area (Å²) in [5.74, 6) is 1.75. The molecule has 0 saturated carbocycles. The summed E-state index contributed by atoms with van der Waals surface area (Å²) in [4.78, 5) is 17.3. The van der Waals surface area contributed by atoms with Gasteiger partial charge in [-0.25, -0.2) is 0 Å². The summed E-state index contributed by atoms with van der Waals surface area (Å²) in [5, 5.41) is 10.0. The molecule has 1 aromatic heterocycles. The second-order valence-electron chi connectivity index (χ2n) is 9.46. The molecule has 0 spiro atoms. The van der Waals surface area contributed by atoms with Gasteiger partial charge in [-0.3, -0.25) is 9.36 Å². The third-order valence-electron chi connectivity index (χ3n) is 6.89. The third kappa shape index (κ3) is 6.12. The predicted molar refractivity (Wildman–Crippen MR) is 150 cm³/mol. The van der Waals surface area contributed by atoms with Crippen molar-refractivity contribution >= 4 is 17.7 Å². The van der Waals surface area contributed by atoms with Crippen LogP contribution in [0.1, 0.15) is 34.0 Å². The molecular formula is C30H33N5OS. The number of nitrogens with zero attached hydrogens (tertiary/aromatic N) is 5. The molecule has 190 valence electrons. The van der Waals surface area contributed by atoms with E-state index in [0.29, 0.717) is 6.54 Å². The van der Waals surface area contributed by atoms with Crippen molar-refractivity contribution in [2.75, 3.05) is 32.7 Å². The normalized spacial score (nSPS) is 14.2. The molecule has 1 fully saturated rings. The van der Waals surface area contributed by atoms with E-state index in [1.165, 1.54) is 11.1 Å². The number of carbonyl (C=O) groups is 1. The first-order valence-corrected chi connectivity index (χ1v) is 13.9. The van der Waals surface area contributed by atoms with Gasteiger partial charge in [0.15, 0.2) is 11.0 Å². The molecule has 5 rings (SSSR count). The van der Waals surface area contributed by atoms with E-state index >= 15 is 0 Å². The molecule has 0 N–H and O–H groups in total. The van der Waals surface area contributed by atoms with Crippen molar-refractivity contribution < 1.29 is 4.79 Å². The largest absolute Gasteiger partial charge is 0.336 e. The molecule has 3 aromatic carbocycles. The van der Waals surface area contributed by atoms with Gasteiger partial charge in [-0.1, -0.05) is 91.0 Å². The first-order chi connectivity index (χ1) is 18.1. The van der Waals surface area contributed by atoms with E-state index in [1.54, 1.807) is 11.8 Å². The van der Waals surface area contributed by atoms with Gasteiger partial charge in [0.05, 0.1) is 6.54 Å². The Kier molecular flexibility index (Phi) is 8.02. The molecule has 0 atom stereocenters. The molecule has 37 heavy (non-hydrogen) atoms. The minimum atomic E-state index is 0.125. The Bertz CT molecular complexity index is 1310. The van der Waals surface area contributed by atoms with Crippen molar-refractivity contribution in [3.8, 4) is 11.4 Å². The highest BCUT2D eigenvalue weighted by Crippen LogP contribution is 2.28. The molecule has 0 unspecified atom stereocenters. The molecule has 0 bridgehead atoms. The summed E-state index contributed by atoms with van der Waals surface area (Å²) >= 11 is 1.67. The minimum absolute atomic E-state index is 0.125. The lowest BCUT2D eigenvalue weighted by Gasteiger charge is -2.34. The maximum Gasteiger partial charge on any atom is 0.253 e. The van der Waals surface area contributed by atoms with Crippen molar-refractivity contribution in [2.45, 2.75) is 31.3 Å². The van der Waals surface area contributed by atoms with Gasteiger partial charge >= 0.3 is 0 Å². The number of aromatic nitrogens is 3. The van der Waals surface area contributed by atoms with Crippen LogP contribution in [0.4, 0.5) is 0 Å². The highest BCUT2D eigenvalue weighted by atomic mass is 32.2. The fraction of sp³-hybridized carbons (Fsp3) is 0.300. The zero-order chi connectivity index (χ0) is 25.6. The minimum Gasteiger partial charge on any atom is -0.336 e. The molecule has 6 nitrogen and oxygen atoms in total. The SMILES string of the molecule is CCN1CCN(C(=O)c2ccc(CSc3nnc(-c4ccc(C)cc4)n3Cc3ccccc3)cc2)CC1. The van der Waals surface area contributed by atoms with E-state index in [9.17, 15) is 4.79 Å². The van der Waals surface area contributed by atoms with E-state index < -0.39 is 0 Å². The van der Waals surface area contributed by atoms with E-state index in [2.05, 4.69) is 94.2 Å². The van der Waals surface area contributed by atoms with Crippen molar-refractivity contribution in [2.24, 2.45) is 0 Å². The highest BCUT2D eigenvalue weighted by Gasteiger charge is 2.21. The summed E-state index contributed by atoms with van der Waals surface area (Å²) in [6.07, 6.45) is 0. The number of piperazine rings is 1. The number of hydrogen-bond acceptors (Lipinski definition) is 5. The average molecular weight is 512 g/mol. The molecule has 1 aliphatic heterocycles. The number of carbonyl (C=O) groups excluding carboxylic acids is 1. The number of aryl methyl sites for hydroxylation is 1. The predicted octanol–water partition coefficient (Wildman–Crippen LogP) is 5.37. The smallest absolute Gasteiger partial charge is 0.253 e. The van der Waals surface area contributed by atoms with Crippen LogP contribution in [0.5, 0.6) is 0 Å². The maximum atomic E-state index is 12.9. The summed E-state index contributed by atoms with van der Waals surface area (Å²) < 4.78 is 2.19. The van der Waals surface area contributed by atoms with Gasteiger partial charge in [0.1, 0.15) is 0 Å². The van der Waals surface area contributed by atoms with Gasteiger partial charge in [0, 0.05) is 43.1 Å². The van der Waals surface area contributed by atoms with Crippen LogP contribution in [-0.4, -0.2) is 63.2 Å². The van der Waals surface area contributed by atoms with Crippen molar-refractivity contribution in [3.63, 3.8) is 0 Å². The quantitative estimate of drug-likeness (QED) is 0.298. The fourth-order valence-electron chi connectivity index (χ4n) is 4.56. The van der Waals surface area contributed by atoms with Gasteiger partial charge in [0.2, 0.25) is 0 Å². The van der Waals surface area contributed by atoms with Crippen molar-refractivity contribution in [1.82, 2.24) is 24.6 Å². The van der Waals surface area contributed by atoms with Gasteiger partial charge in [-0.15, -0.1) is 10.2 Å². The molecule has 0 radical (unpaired) electrons. The number of rotatable bonds is 8. The lowest BCUT2D eigenvalue weighted by atomic mass is 10.1. The topological polar surface area (TPSA) is 54.3 Å². The number of amides is 1. The number of thioether (sulfide) groups is 1. The van der Waals surface area contributed by atoms with E-state index in [0.717, 1.165) is 66.1 Å². The van der Waals surface area contributed by atoms with Gasteiger partial charge in [-0.2, -0.15) is 0 Å². The Balaban J connectivity index is 1.29. The maximum absolute atomic E-state index is 12.9. The molecule has 0 aliphatic carbocycles. The van der Waals surface area contributed by atoms with Crippen LogP contribution < -0.4 is 0 Å². The van der Waals surface area contributed by atoms with Crippen LogP contribution in [0.2, 0.25) is 0 Å². The molecule has 1 saturated heterocycles. The van der Waals surface area contributed by atoms with Crippen molar-refractivity contribution in [1.29, 1.82) is 0 Å². The third-order valence-corrected chi connectivity index (χ3v) is 7.92. The van der Waals surface area contributed by atoms with Gasteiger partial charge < -0.3 is 9.80 Å². The summed E-state index contributed by atoms with van der Waals surface area (Å²) in [6.45, 7) is 9.50. The molecular weight excluding hydrogens is 478 g/mol. The van der Waals surface area contributed by atoms with E-state index in [-0.39, 0.29) is 5.91 Å². The Morgan fingerprint density at radius 3 is 2.22 bits per heavy atom. The van der Waals surface area contributed by atoms with Crippen LogP contribution >= 0.6 is 11.8 Å². The van der Waals surface area contributed by atoms with Crippen LogP contribution in [0.25, 0.3) is 11.4 Å².